The predicted octanol–water partition coefficient (Wildman–Crippen LogP) is 0.561. The van der Waals surface area contributed by atoms with Gasteiger partial charge in [-0.25, -0.2) is 4.79 Å². The smallest absolute Gasteiger partial charge is 0.324 e. The van der Waals surface area contributed by atoms with Gasteiger partial charge in [0.2, 0.25) is 5.91 Å². The van der Waals surface area contributed by atoms with Gasteiger partial charge < -0.3 is 15.5 Å². The van der Waals surface area contributed by atoms with Gasteiger partial charge in [-0.1, -0.05) is 12.1 Å². The molecule has 0 aliphatic carbocycles. The lowest BCUT2D eigenvalue weighted by Crippen LogP contribution is -2.55. The summed E-state index contributed by atoms with van der Waals surface area (Å²) in [6.45, 7) is 5.67. The maximum absolute atomic E-state index is 12.7. The second-order valence-electron chi connectivity index (χ2n) is 6.52. The molecule has 0 spiro atoms. The SMILES string of the molecule is C[C@@H]1CN(C(=O)c2cccc(CN3C(=O)CNC3=O)c2)C[C@@H](C)N1. The van der Waals surface area contributed by atoms with Gasteiger partial charge in [-0.2, -0.15) is 0 Å². The normalized spacial score (nSPS) is 24.2. The van der Waals surface area contributed by atoms with Gasteiger partial charge in [-0.15, -0.1) is 0 Å². The van der Waals surface area contributed by atoms with Crippen LogP contribution in [-0.2, 0) is 11.3 Å². The van der Waals surface area contributed by atoms with E-state index in [1.54, 1.807) is 18.2 Å². The minimum absolute atomic E-state index is 0.0192. The Bertz CT molecular complexity index is 650. The molecule has 128 valence electrons. The molecule has 2 fully saturated rings. The molecule has 2 saturated heterocycles. The fraction of sp³-hybridized carbons (Fsp3) is 0.471. The first-order valence-electron chi connectivity index (χ1n) is 8.16. The zero-order valence-electron chi connectivity index (χ0n) is 13.9. The summed E-state index contributed by atoms with van der Waals surface area (Å²) >= 11 is 0. The van der Waals surface area contributed by atoms with Crippen molar-refractivity contribution in [2.24, 2.45) is 0 Å². The summed E-state index contributed by atoms with van der Waals surface area (Å²) < 4.78 is 0. The minimum atomic E-state index is -0.388. The summed E-state index contributed by atoms with van der Waals surface area (Å²) in [6.07, 6.45) is 0. The molecule has 7 nitrogen and oxygen atoms in total. The molecule has 1 aromatic rings. The molecular weight excluding hydrogens is 308 g/mol. The summed E-state index contributed by atoms with van der Waals surface area (Å²) in [6, 6.07) is 7.27. The summed E-state index contributed by atoms with van der Waals surface area (Å²) in [5.74, 6) is -0.268. The van der Waals surface area contributed by atoms with E-state index in [1.807, 2.05) is 11.0 Å². The van der Waals surface area contributed by atoms with E-state index in [4.69, 9.17) is 0 Å². The molecule has 0 saturated carbocycles. The maximum atomic E-state index is 12.7. The lowest BCUT2D eigenvalue weighted by Gasteiger charge is -2.36. The Kier molecular flexibility index (Phi) is 4.53. The fourth-order valence-corrected chi connectivity index (χ4v) is 3.28. The zero-order valence-corrected chi connectivity index (χ0v) is 13.9. The van der Waals surface area contributed by atoms with Crippen molar-refractivity contribution < 1.29 is 14.4 Å². The number of nitrogens with zero attached hydrogens (tertiary/aromatic N) is 2. The van der Waals surface area contributed by atoms with Gasteiger partial charge in [0.25, 0.3) is 5.91 Å². The number of rotatable bonds is 3. The number of nitrogens with one attached hydrogen (secondary N) is 2. The Morgan fingerprint density at radius 2 is 1.92 bits per heavy atom. The number of carbonyl (C=O) groups excluding carboxylic acids is 3. The second-order valence-corrected chi connectivity index (χ2v) is 6.52. The number of benzene rings is 1. The highest BCUT2D eigenvalue weighted by Crippen LogP contribution is 2.14. The Labute approximate surface area is 141 Å². The predicted molar refractivity (Wildman–Crippen MR) is 88.4 cm³/mol. The van der Waals surface area contributed by atoms with E-state index in [1.165, 1.54) is 4.90 Å². The number of urea groups is 1. The topological polar surface area (TPSA) is 81.8 Å². The van der Waals surface area contributed by atoms with E-state index < -0.39 is 0 Å². The quantitative estimate of drug-likeness (QED) is 0.794. The van der Waals surface area contributed by atoms with Crippen molar-refractivity contribution >= 4 is 17.8 Å². The molecule has 3 rings (SSSR count). The van der Waals surface area contributed by atoms with Crippen LogP contribution in [0.4, 0.5) is 4.79 Å². The van der Waals surface area contributed by atoms with Crippen LogP contribution in [0.2, 0.25) is 0 Å². The third-order valence-corrected chi connectivity index (χ3v) is 4.30. The fourth-order valence-electron chi connectivity index (χ4n) is 3.28. The van der Waals surface area contributed by atoms with Gasteiger partial charge >= 0.3 is 6.03 Å². The average molecular weight is 330 g/mol. The van der Waals surface area contributed by atoms with Crippen LogP contribution in [0.25, 0.3) is 0 Å². The molecular formula is C17H22N4O3. The van der Waals surface area contributed by atoms with Crippen LogP contribution in [-0.4, -0.2) is 59.4 Å². The van der Waals surface area contributed by atoms with Crippen molar-refractivity contribution in [2.75, 3.05) is 19.6 Å². The highest BCUT2D eigenvalue weighted by molar-refractivity contribution is 6.02. The standard InChI is InChI=1S/C17H22N4O3/c1-11-8-20(9-12(2)19-11)16(23)14-5-3-4-13(6-14)10-21-15(22)7-18-17(21)24/h3-6,11-12,19H,7-10H2,1-2H3,(H,18,24)/t11-,12-/m1/s1. The van der Waals surface area contributed by atoms with Crippen LogP contribution in [0.5, 0.6) is 0 Å². The molecule has 2 heterocycles. The summed E-state index contributed by atoms with van der Waals surface area (Å²) in [5, 5.41) is 5.90. The highest BCUT2D eigenvalue weighted by Gasteiger charge is 2.29. The maximum Gasteiger partial charge on any atom is 0.324 e. The zero-order chi connectivity index (χ0) is 17.3. The van der Waals surface area contributed by atoms with Gasteiger partial charge in [-0.05, 0) is 31.5 Å². The van der Waals surface area contributed by atoms with Crippen LogP contribution < -0.4 is 10.6 Å². The molecule has 0 radical (unpaired) electrons. The summed E-state index contributed by atoms with van der Waals surface area (Å²) in [4.78, 5) is 39.1. The van der Waals surface area contributed by atoms with Crippen molar-refractivity contribution in [1.82, 2.24) is 20.4 Å². The van der Waals surface area contributed by atoms with Gasteiger partial charge in [0.1, 0.15) is 0 Å². The van der Waals surface area contributed by atoms with E-state index >= 15 is 0 Å². The van der Waals surface area contributed by atoms with E-state index in [0.29, 0.717) is 18.7 Å². The van der Waals surface area contributed by atoms with Crippen LogP contribution in [0.15, 0.2) is 24.3 Å². The number of piperazine rings is 1. The highest BCUT2D eigenvalue weighted by atomic mass is 16.2. The van der Waals surface area contributed by atoms with Crippen molar-refractivity contribution in [3.05, 3.63) is 35.4 Å². The number of hydrogen-bond donors (Lipinski definition) is 2. The Morgan fingerprint density at radius 3 is 2.54 bits per heavy atom. The molecule has 0 unspecified atom stereocenters. The van der Waals surface area contributed by atoms with Gasteiger partial charge in [0.05, 0.1) is 13.1 Å². The first-order valence-corrected chi connectivity index (χ1v) is 8.16. The van der Waals surface area contributed by atoms with Crippen LogP contribution in [0, 0.1) is 0 Å². The first-order chi connectivity index (χ1) is 11.4. The molecule has 2 atom stereocenters. The Morgan fingerprint density at radius 1 is 1.21 bits per heavy atom. The molecule has 0 bridgehead atoms. The van der Waals surface area contributed by atoms with Gasteiger partial charge in [0, 0.05) is 30.7 Å². The molecule has 2 aliphatic heterocycles. The molecule has 0 aromatic heterocycles. The van der Waals surface area contributed by atoms with Crippen LogP contribution in [0.1, 0.15) is 29.8 Å². The Balaban J connectivity index is 1.74. The molecule has 1 aromatic carbocycles. The molecule has 24 heavy (non-hydrogen) atoms. The van der Waals surface area contributed by atoms with Crippen molar-refractivity contribution in [1.29, 1.82) is 0 Å². The number of amides is 4. The van der Waals surface area contributed by atoms with E-state index in [9.17, 15) is 14.4 Å². The average Bonchev–Trinajstić information content (AvgIpc) is 2.85. The van der Waals surface area contributed by atoms with Crippen LogP contribution in [0.3, 0.4) is 0 Å². The Hall–Kier alpha value is -2.41. The van der Waals surface area contributed by atoms with Gasteiger partial charge in [-0.3, -0.25) is 14.5 Å². The monoisotopic (exact) mass is 330 g/mol. The first kappa shape index (κ1) is 16.4. The summed E-state index contributed by atoms with van der Waals surface area (Å²) in [7, 11) is 0. The van der Waals surface area contributed by atoms with Gasteiger partial charge in [0.15, 0.2) is 0 Å². The van der Waals surface area contributed by atoms with Crippen LogP contribution >= 0.6 is 0 Å². The van der Waals surface area contributed by atoms with E-state index in [0.717, 1.165) is 5.56 Å². The molecule has 2 aliphatic rings. The number of imide groups is 1. The third-order valence-electron chi connectivity index (χ3n) is 4.30. The molecule has 2 N–H and O–H groups in total. The largest absolute Gasteiger partial charge is 0.336 e. The van der Waals surface area contributed by atoms with Crippen molar-refractivity contribution in [3.8, 4) is 0 Å². The van der Waals surface area contributed by atoms with Crippen molar-refractivity contribution in [3.63, 3.8) is 0 Å². The minimum Gasteiger partial charge on any atom is -0.336 e. The summed E-state index contributed by atoms with van der Waals surface area (Å²) in [5.41, 5.74) is 1.35. The van der Waals surface area contributed by atoms with E-state index in [-0.39, 0.29) is 43.0 Å². The van der Waals surface area contributed by atoms with Crippen molar-refractivity contribution in [2.45, 2.75) is 32.5 Å². The lowest BCUT2D eigenvalue weighted by molar-refractivity contribution is -0.125. The third kappa shape index (κ3) is 3.41. The second kappa shape index (κ2) is 6.60. The molecule has 7 heteroatoms. The number of carbonyl (C=O) groups is 3. The molecule has 4 amide bonds. The number of hydrogen-bond acceptors (Lipinski definition) is 4. The van der Waals surface area contributed by atoms with E-state index in [2.05, 4.69) is 24.5 Å². The lowest BCUT2D eigenvalue weighted by atomic mass is 10.1.